The number of nitro groups is 1. The van der Waals surface area contributed by atoms with Gasteiger partial charge in [0.15, 0.2) is 0 Å². The number of urea groups is 1. The van der Waals surface area contributed by atoms with Crippen LogP contribution in [0.4, 0.5) is 10.5 Å². The lowest BCUT2D eigenvalue weighted by atomic mass is 10.2. The molecule has 0 saturated carbocycles. The van der Waals surface area contributed by atoms with Gasteiger partial charge >= 0.3 is 12.0 Å². The fraction of sp³-hybridized carbons (Fsp3) is 0.385. The number of nitrogens with one attached hydrogen (secondary N) is 2. The first-order valence-electron chi connectivity index (χ1n) is 6.46. The average Bonchev–Trinajstić information content (AvgIpc) is 2.44. The maximum atomic E-state index is 11.4. The molecule has 0 saturated heterocycles. The standard InChI is InChI=1S/C13H17N3O5/c17-12(18)3-1-2-8-14-13(19)15-9-10-4-6-11(7-5-10)16(20)21/h4-7H,1-3,8-9H2,(H,17,18)(H2,14,15,19). The fourth-order valence-electron chi connectivity index (χ4n) is 1.58. The number of hydrogen-bond donors (Lipinski definition) is 3. The molecule has 2 amide bonds. The molecule has 0 bridgehead atoms. The van der Waals surface area contributed by atoms with Gasteiger partial charge in [-0.15, -0.1) is 0 Å². The van der Waals surface area contributed by atoms with Crippen molar-refractivity contribution in [1.82, 2.24) is 10.6 Å². The molecule has 0 aromatic heterocycles. The Morgan fingerprint density at radius 1 is 1.14 bits per heavy atom. The van der Waals surface area contributed by atoms with Crippen LogP contribution in [0.2, 0.25) is 0 Å². The Kier molecular flexibility index (Phi) is 6.66. The van der Waals surface area contributed by atoms with Crippen molar-refractivity contribution in [2.24, 2.45) is 0 Å². The smallest absolute Gasteiger partial charge is 0.315 e. The van der Waals surface area contributed by atoms with E-state index in [9.17, 15) is 19.7 Å². The summed E-state index contributed by atoms with van der Waals surface area (Å²) in [5, 5.41) is 24.1. The summed E-state index contributed by atoms with van der Waals surface area (Å²) in [4.78, 5) is 31.7. The van der Waals surface area contributed by atoms with E-state index in [0.29, 0.717) is 19.4 Å². The average molecular weight is 295 g/mol. The molecule has 8 heteroatoms. The number of benzene rings is 1. The second-order valence-corrected chi connectivity index (χ2v) is 4.38. The number of hydrogen-bond acceptors (Lipinski definition) is 4. The summed E-state index contributed by atoms with van der Waals surface area (Å²) in [5.74, 6) is -0.849. The molecule has 1 aromatic carbocycles. The third-order valence-electron chi connectivity index (χ3n) is 2.70. The normalized spacial score (nSPS) is 9.90. The van der Waals surface area contributed by atoms with E-state index in [-0.39, 0.29) is 24.7 Å². The highest BCUT2D eigenvalue weighted by molar-refractivity contribution is 5.73. The van der Waals surface area contributed by atoms with Crippen LogP contribution in [0, 0.1) is 10.1 Å². The van der Waals surface area contributed by atoms with Crippen LogP contribution in [-0.2, 0) is 11.3 Å². The number of unbranched alkanes of at least 4 members (excludes halogenated alkanes) is 1. The number of nitro benzene ring substituents is 1. The molecule has 0 fully saturated rings. The number of nitrogens with zero attached hydrogens (tertiary/aromatic N) is 1. The highest BCUT2D eigenvalue weighted by Crippen LogP contribution is 2.11. The van der Waals surface area contributed by atoms with Crippen LogP contribution in [0.25, 0.3) is 0 Å². The topological polar surface area (TPSA) is 122 Å². The molecule has 114 valence electrons. The number of amides is 2. The number of aliphatic carboxylic acids is 1. The first-order chi connectivity index (χ1) is 9.99. The maximum Gasteiger partial charge on any atom is 0.315 e. The lowest BCUT2D eigenvalue weighted by Crippen LogP contribution is -2.35. The highest BCUT2D eigenvalue weighted by Gasteiger charge is 2.05. The monoisotopic (exact) mass is 295 g/mol. The Labute approximate surface area is 121 Å². The lowest BCUT2D eigenvalue weighted by Gasteiger charge is -2.07. The molecule has 0 aliphatic heterocycles. The predicted octanol–water partition coefficient (Wildman–Crippen LogP) is 1.65. The van der Waals surface area contributed by atoms with Crippen LogP contribution in [-0.4, -0.2) is 28.6 Å². The van der Waals surface area contributed by atoms with Crippen LogP contribution in [0.1, 0.15) is 24.8 Å². The molecule has 21 heavy (non-hydrogen) atoms. The molecule has 0 spiro atoms. The minimum atomic E-state index is -0.849. The molecule has 1 rings (SSSR count). The molecule has 8 nitrogen and oxygen atoms in total. The van der Waals surface area contributed by atoms with Crippen LogP contribution >= 0.6 is 0 Å². The largest absolute Gasteiger partial charge is 0.481 e. The van der Waals surface area contributed by atoms with E-state index in [1.165, 1.54) is 12.1 Å². The Morgan fingerprint density at radius 2 is 1.81 bits per heavy atom. The van der Waals surface area contributed by atoms with E-state index in [2.05, 4.69) is 10.6 Å². The van der Waals surface area contributed by atoms with Gasteiger partial charge < -0.3 is 15.7 Å². The van der Waals surface area contributed by atoms with Gasteiger partial charge in [-0.05, 0) is 18.4 Å². The van der Waals surface area contributed by atoms with Gasteiger partial charge in [-0.2, -0.15) is 0 Å². The van der Waals surface area contributed by atoms with Crippen molar-refractivity contribution in [2.45, 2.75) is 25.8 Å². The van der Waals surface area contributed by atoms with E-state index in [4.69, 9.17) is 5.11 Å². The van der Waals surface area contributed by atoms with E-state index >= 15 is 0 Å². The first-order valence-corrected chi connectivity index (χ1v) is 6.46. The van der Waals surface area contributed by atoms with Gasteiger partial charge in [0.2, 0.25) is 0 Å². The Morgan fingerprint density at radius 3 is 2.38 bits per heavy atom. The van der Waals surface area contributed by atoms with Gasteiger partial charge in [0.05, 0.1) is 4.92 Å². The summed E-state index contributed by atoms with van der Waals surface area (Å²) in [7, 11) is 0. The minimum Gasteiger partial charge on any atom is -0.481 e. The van der Waals surface area contributed by atoms with Crippen LogP contribution < -0.4 is 10.6 Å². The molecule has 1 aromatic rings. The fourth-order valence-corrected chi connectivity index (χ4v) is 1.58. The van der Waals surface area contributed by atoms with Gasteiger partial charge in [-0.1, -0.05) is 12.1 Å². The number of carbonyl (C=O) groups excluding carboxylic acids is 1. The van der Waals surface area contributed by atoms with Crippen molar-refractivity contribution in [3.63, 3.8) is 0 Å². The number of carboxylic acid groups (broad SMARTS) is 1. The van der Waals surface area contributed by atoms with E-state index in [0.717, 1.165) is 5.56 Å². The zero-order chi connectivity index (χ0) is 15.7. The highest BCUT2D eigenvalue weighted by atomic mass is 16.6. The molecule has 0 aliphatic carbocycles. The van der Waals surface area contributed by atoms with Crippen LogP contribution in [0.15, 0.2) is 24.3 Å². The molecule has 3 N–H and O–H groups in total. The summed E-state index contributed by atoms with van der Waals surface area (Å²) in [5.41, 5.74) is 0.753. The Balaban J connectivity index is 2.20. The second kappa shape index (κ2) is 8.51. The van der Waals surface area contributed by atoms with Crippen molar-refractivity contribution in [2.75, 3.05) is 6.54 Å². The van der Waals surface area contributed by atoms with Crippen molar-refractivity contribution in [1.29, 1.82) is 0 Å². The zero-order valence-electron chi connectivity index (χ0n) is 11.4. The summed E-state index contributed by atoms with van der Waals surface area (Å²) in [6.07, 6.45) is 1.20. The number of carbonyl (C=O) groups is 2. The third-order valence-corrected chi connectivity index (χ3v) is 2.70. The van der Waals surface area contributed by atoms with Gasteiger partial charge in [-0.3, -0.25) is 14.9 Å². The lowest BCUT2D eigenvalue weighted by molar-refractivity contribution is -0.384. The molecular formula is C13H17N3O5. The molecule has 0 radical (unpaired) electrons. The molecule has 0 aliphatic rings. The van der Waals surface area contributed by atoms with Crippen LogP contribution in [0.5, 0.6) is 0 Å². The molecular weight excluding hydrogens is 278 g/mol. The van der Waals surface area contributed by atoms with Crippen LogP contribution in [0.3, 0.4) is 0 Å². The van der Waals surface area contributed by atoms with Crippen molar-refractivity contribution < 1.29 is 19.6 Å². The van der Waals surface area contributed by atoms with Gasteiger partial charge in [0.25, 0.3) is 5.69 Å². The van der Waals surface area contributed by atoms with Gasteiger partial charge in [0.1, 0.15) is 0 Å². The maximum absolute atomic E-state index is 11.4. The van der Waals surface area contributed by atoms with E-state index in [1.807, 2.05) is 0 Å². The second-order valence-electron chi connectivity index (χ2n) is 4.38. The molecule has 0 heterocycles. The minimum absolute atomic E-state index is 0.00151. The summed E-state index contributed by atoms with van der Waals surface area (Å²) >= 11 is 0. The van der Waals surface area contributed by atoms with E-state index in [1.54, 1.807) is 12.1 Å². The summed E-state index contributed by atoms with van der Waals surface area (Å²) < 4.78 is 0. The SMILES string of the molecule is O=C(O)CCCCNC(=O)NCc1ccc([N+](=O)[O-])cc1. The van der Waals surface area contributed by atoms with Crippen molar-refractivity contribution in [3.8, 4) is 0 Å². The number of non-ortho nitro benzene ring substituents is 1. The third kappa shape index (κ3) is 6.90. The molecule has 0 atom stereocenters. The summed E-state index contributed by atoms with van der Waals surface area (Å²) in [6.45, 7) is 0.665. The molecule has 0 unspecified atom stereocenters. The summed E-state index contributed by atoms with van der Waals surface area (Å²) in [6, 6.07) is 5.54. The first kappa shape index (κ1) is 16.4. The Bertz CT molecular complexity index is 501. The predicted molar refractivity (Wildman–Crippen MR) is 74.8 cm³/mol. The van der Waals surface area contributed by atoms with Crippen molar-refractivity contribution >= 4 is 17.7 Å². The number of rotatable bonds is 8. The zero-order valence-corrected chi connectivity index (χ0v) is 11.4. The van der Waals surface area contributed by atoms with Gasteiger partial charge in [0, 0.05) is 31.6 Å². The quantitative estimate of drug-likeness (QED) is 0.382. The van der Waals surface area contributed by atoms with Crippen molar-refractivity contribution in [3.05, 3.63) is 39.9 Å². The van der Waals surface area contributed by atoms with E-state index < -0.39 is 10.9 Å². The van der Waals surface area contributed by atoms with Gasteiger partial charge in [-0.25, -0.2) is 4.79 Å². The number of carboxylic acids is 1. The Hall–Kier alpha value is -2.64.